The number of carbonyl (C=O) groups is 2. The minimum absolute atomic E-state index is 0.144. The van der Waals surface area contributed by atoms with E-state index in [4.69, 9.17) is 9.47 Å². The van der Waals surface area contributed by atoms with Crippen molar-refractivity contribution in [3.63, 3.8) is 0 Å². The first-order chi connectivity index (χ1) is 14.6. The van der Waals surface area contributed by atoms with Crippen LogP contribution < -0.4 is 10.1 Å². The number of pyridine rings is 1. The van der Waals surface area contributed by atoms with Crippen molar-refractivity contribution in [3.8, 4) is 5.75 Å². The van der Waals surface area contributed by atoms with Gasteiger partial charge in [-0.1, -0.05) is 6.07 Å². The summed E-state index contributed by atoms with van der Waals surface area (Å²) >= 11 is 0. The predicted octanol–water partition coefficient (Wildman–Crippen LogP) is 2.86. The second-order valence-electron chi connectivity index (χ2n) is 7.46. The third kappa shape index (κ3) is 3.85. The smallest absolute Gasteiger partial charge is 0.340 e. The normalized spacial score (nSPS) is 15.4. The molecule has 7 heteroatoms. The lowest BCUT2D eigenvalue weighted by atomic mass is 10.1. The van der Waals surface area contributed by atoms with Crippen LogP contribution in [0.3, 0.4) is 0 Å². The van der Waals surface area contributed by atoms with Crippen LogP contribution in [-0.2, 0) is 9.53 Å². The van der Waals surface area contributed by atoms with E-state index in [9.17, 15) is 9.59 Å². The summed E-state index contributed by atoms with van der Waals surface area (Å²) in [6, 6.07) is 11.3. The molecule has 30 heavy (non-hydrogen) atoms. The molecule has 2 aromatic heterocycles. The number of esters is 1. The van der Waals surface area contributed by atoms with Gasteiger partial charge in [-0.15, -0.1) is 0 Å². The molecule has 0 bridgehead atoms. The van der Waals surface area contributed by atoms with Crippen LogP contribution in [0.15, 0.2) is 42.6 Å². The molecule has 3 aromatic rings. The van der Waals surface area contributed by atoms with Gasteiger partial charge in [0.25, 0.3) is 5.91 Å². The summed E-state index contributed by atoms with van der Waals surface area (Å²) < 4.78 is 13.3. The highest BCUT2D eigenvalue weighted by molar-refractivity contribution is 6.12. The highest BCUT2D eigenvalue weighted by Gasteiger charge is 2.25. The van der Waals surface area contributed by atoms with Crippen molar-refractivity contribution in [2.24, 2.45) is 0 Å². The number of benzene rings is 1. The largest absolute Gasteiger partial charge is 0.479 e. The van der Waals surface area contributed by atoms with E-state index in [1.165, 1.54) is 0 Å². The Morgan fingerprint density at radius 1 is 1.13 bits per heavy atom. The van der Waals surface area contributed by atoms with Crippen molar-refractivity contribution in [2.45, 2.75) is 25.9 Å². The fourth-order valence-corrected chi connectivity index (χ4v) is 4.11. The van der Waals surface area contributed by atoms with E-state index in [0.717, 1.165) is 42.4 Å². The van der Waals surface area contributed by atoms with Gasteiger partial charge in [-0.25, -0.2) is 4.79 Å². The molecule has 0 aliphatic carbocycles. The first-order valence-corrected chi connectivity index (χ1v) is 10.4. The third-order valence-electron chi connectivity index (χ3n) is 5.53. The third-order valence-corrected chi connectivity index (χ3v) is 5.53. The van der Waals surface area contributed by atoms with E-state index in [2.05, 4.69) is 10.2 Å². The molecule has 1 fully saturated rings. The van der Waals surface area contributed by atoms with Crippen LogP contribution in [0.2, 0.25) is 0 Å². The maximum Gasteiger partial charge on any atom is 0.340 e. The molecule has 1 amide bonds. The van der Waals surface area contributed by atoms with Crippen LogP contribution >= 0.6 is 0 Å². The van der Waals surface area contributed by atoms with E-state index >= 15 is 0 Å². The van der Waals surface area contributed by atoms with E-state index in [0.29, 0.717) is 24.5 Å². The molecule has 3 heterocycles. The van der Waals surface area contributed by atoms with Crippen LogP contribution in [0.5, 0.6) is 5.75 Å². The lowest BCUT2D eigenvalue weighted by Crippen LogP contribution is -2.44. The summed E-state index contributed by atoms with van der Waals surface area (Å²) in [5, 5.41) is 3.50. The number of carbonyl (C=O) groups excluding carboxylic acids is 2. The molecular formula is C23H27N3O4. The van der Waals surface area contributed by atoms with E-state index in [1.54, 1.807) is 14.0 Å². The minimum atomic E-state index is -0.596. The van der Waals surface area contributed by atoms with Crippen molar-refractivity contribution in [1.82, 2.24) is 14.6 Å². The maximum atomic E-state index is 12.6. The Morgan fingerprint density at radius 2 is 1.93 bits per heavy atom. The lowest BCUT2D eigenvalue weighted by molar-refractivity contribution is -0.128. The highest BCUT2D eigenvalue weighted by Crippen LogP contribution is 2.31. The Kier molecular flexibility index (Phi) is 5.90. The molecule has 7 nitrogen and oxygen atoms in total. The Balaban J connectivity index is 1.71. The molecule has 0 radical (unpaired) electrons. The van der Waals surface area contributed by atoms with Gasteiger partial charge < -0.3 is 19.2 Å². The van der Waals surface area contributed by atoms with Gasteiger partial charge in [-0.2, -0.15) is 0 Å². The Hall–Kier alpha value is -3.06. The number of likely N-dealkylation sites (tertiary alicyclic amines) is 1. The SMILES string of the molecule is CCOC(=O)c1c2ccc(OC(CN3CCCC3)C(=O)NC)cc2n2ccccc12. The highest BCUT2D eigenvalue weighted by atomic mass is 16.5. The standard InChI is InChI=1S/C23H27N3O4/c1-3-29-23(28)21-17-10-9-16(14-19(17)26-13-5-4-8-18(21)26)30-20(22(27)24-2)15-25-11-6-7-12-25/h4-5,8-10,13-14,20H,3,6-7,11-12,15H2,1-2H3,(H,24,27). The zero-order valence-electron chi connectivity index (χ0n) is 17.4. The zero-order valence-corrected chi connectivity index (χ0v) is 17.4. The molecular weight excluding hydrogens is 382 g/mol. The van der Waals surface area contributed by atoms with Gasteiger partial charge >= 0.3 is 5.97 Å². The van der Waals surface area contributed by atoms with E-state index in [1.807, 2.05) is 47.0 Å². The fraction of sp³-hybridized carbons (Fsp3) is 0.391. The second kappa shape index (κ2) is 8.75. The summed E-state index contributed by atoms with van der Waals surface area (Å²) in [5.41, 5.74) is 2.16. The number of nitrogens with zero attached hydrogens (tertiary/aromatic N) is 2. The number of rotatable bonds is 7. The van der Waals surface area contributed by atoms with E-state index in [-0.39, 0.29) is 11.9 Å². The Bertz CT molecular complexity index is 1070. The maximum absolute atomic E-state index is 12.6. The van der Waals surface area contributed by atoms with Gasteiger partial charge in [-0.3, -0.25) is 9.69 Å². The quantitative estimate of drug-likeness (QED) is 0.608. The number of aromatic nitrogens is 1. The molecule has 1 unspecified atom stereocenters. The van der Waals surface area contributed by atoms with Gasteiger partial charge in [0.15, 0.2) is 6.10 Å². The monoisotopic (exact) mass is 409 g/mol. The van der Waals surface area contributed by atoms with Crippen LogP contribution in [-0.4, -0.2) is 60.6 Å². The molecule has 1 aliphatic heterocycles. The second-order valence-corrected chi connectivity index (χ2v) is 7.46. The summed E-state index contributed by atoms with van der Waals surface area (Å²) in [7, 11) is 1.62. The summed E-state index contributed by atoms with van der Waals surface area (Å²) in [5.74, 6) is 0.102. The fourth-order valence-electron chi connectivity index (χ4n) is 4.11. The lowest BCUT2D eigenvalue weighted by Gasteiger charge is -2.23. The number of fused-ring (bicyclic) bond motifs is 3. The molecule has 4 rings (SSSR count). The van der Waals surface area contributed by atoms with Gasteiger partial charge in [0.2, 0.25) is 0 Å². The Morgan fingerprint density at radius 3 is 2.67 bits per heavy atom. The summed E-state index contributed by atoms with van der Waals surface area (Å²) in [6.45, 7) is 4.64. The van der Waals surface area contributed by atoms with Crippen molar-refractivity contribution in [3.05, 3.63) is 48.2 Å². The summed E-state index contributed by atoms with van der Waals surface area (Å²) in [6.07, 6.45) is 3.62. The summed E-state index contributed by atoms with van der Waals surface area (Å²) in [4.78, 5) is 27.3. The molecule has 1 saturated heterocycles. The first kappa shape index (κ1) is 20.2. The Labute approximate surface area is 175 Å². The van der Waals surface area contributed by atoms with Crippen LogP contribution in [0.25, 0.3) is 16.4 Å². The molecule has 0 spiro atoms. The number of amides is 1. The van der Waals surface area contributed by atoms with Crippen molar-refractivity contribution >= 4 is 28.3 Å². The van der Waals surface area contributed by atoms with Gasteiger partial charge in [0, 0.05) is 31.2 Å². The predicted molar refractivity (Wildman–Crippen MR) is 115 cm³/mol. The van der Waals surface area contributed by atoms with Crippen molar-refractivity contribution in [1.29, 1.82) is 0 Å². The topological polar surface area (TPSA) is 72.3 Å². The molecule has 1 aliphatic rings. The van der Waals surface area contributed by atoms with Crippen LogP contribution in [0.1, 0.15) is 30.1 Å². The average molecular weight is 409 g/mol. The zero-order chi connectivity index (χ0) is 21.1. The van der Waals surface area contributed by atoms with Gasteiger partial charge in [0.1, 0.15) is 5.75 Å². The number of likely N-dealkylation sites (N-methyl/N-ethyl adjacent to an activating group) is 1. The van der Waals surface area contributed by atoms with Gasteiger partial charge in [0.05, 0.1) is 23.2 Å². The molecule has 0 saturated carbocycles. The molecule has 1 atom stereocenters. The van der Waals surface area contributed by atoms with Gasteiger partial charge in [-0.05, 0) is 57.1 Å². The molecule has 1 N–H and O–H groups in total. The number of nitrogens with one attached hydrogen (secondary N) is 1. The van der Waals surface area contributed by atoms with Crippen molar-refractivity contribution in [2.75, 3.05) is 33.3 Å². The minimum Gasteiger partial charge on any atom is -0.479 e. The first-order valence-electron chi connectivity index (χ1n) is 10.4. The number of hydrogen-bond acceptors (Lipinski definition) is 5. The van der Waals surface area contributed by atoms with Crippen molar-refractivity contribution < 1.29 is 19.1 Å². The molecule has 158 valence electrons. The van der Waals surface area contributed by atoms with Crippen LogP contribution in [0.4, 0.5) is 0 Å². The number of hydrogen-bond donors (Lipinski definition) is 1. The molecule has 1 aromatic carbocycles. The van der Waals surface area contributed by atoms with E-state index < -0.39 is 6.10 Å². The van der Waals surface area contributed by atoms with Crippen LogP contribution in [0, 0.1) is 0 Å². The number of ether oxygens (including phenoxy) is 2. The average Bonchev–Trinajstić information content (AvgIpc) is 3.38.